The number of hydrogen-bond donors (Lipinski definition) is 2. The van der Waals surface area contributed by atoms with E-state index in [1.54, 1.807) is 7.11 Å². The number of nitrogens with one attached hydrogen (secondary N) is 2. The van der Waals surface area contributed by atoms with Crippen LogP contribution in [0.1, 0.15) is 26.3 Å². The van der Waals surface area contributed by atoms with Gasteiger partial charge in [-0.25, -0.2) is 4.79 Å². The highest BCUT2D eigenvalue weighted by atomic mass is 16.5. The third-order valence-electron chi connectivity index (χ3n) is 2.97. The van der Waals surface area contributed by atoms with E-state index in [1.807, 2.05) is 12.1 Å². The first-order valence-corrected chi connectivity index (χ1v) is 7.17. The van der Waals surface area contributed by atoms with E-state index in [0.29, 0.717) is 26.3 Å². The minimum atomic E-state index is -0.210. The maximum atomic E-state index is 11.4. The zero-order valence-electron chi connectivity index (χ0n) is 13.4. The third kappa shape index (κ3) is 6.99. The standard InChI is InChI=1S/C16H26N2O3/c1-16(2,3)13-5-7-14(8-6-13)21-12-10-18-15(19)17-9-11-20-4/h5-8H,9-12H2,1-4H3,(H2,17,18,19). The van der Waals surface area contributed by atoms with Gasteiger partial charge in [0.05, 0.1) is 13.2 Å². The quantitative estimate of drug-likeness (QED) is 0.759. The van der Waals surface area contributed by atoms with Crippen molar-refractivity contribution in [1.29, 1.82) is 0 Å². The van der Waals surface area contributed by atoms with Gasteiger partial charge in [-0.05, 0) is 23.1 Å². The molecule has 0 fully saturated rings. The van der Waals surface area contributed by atoms with Gasteiger partial charge in [-0.15, -0.1) is 0 Å². The van der Waals surface area contributed by atoms with Crippen LogP contribution in [0.5, 0.6) is 5.75 Å². The molecule has 1 rings (SSSR count). The number of hydrogen-bond acceptors (Lipinski definition) is 3. The molecule has 0 saturated heterocycles. The smallest absolute Gasteiger partial charge is 0.314 e. The second-order valence-electron chi connectivity index (χ2n) is 5.80. The third-order valence-corrected chi connectivity index (χ3v) is 2.97. The van der Waals surface area contributed by atoms with Crippen molar-refractivity contribution < 1.29 is 14.3 Å². The van der Waals surface area contributed by atoms with Crippen LogP contribution in [-0.4, -0.2) is 39.4 Å². The van der Waals surface area contributed by atoms with Gasteiger partial charge in [0, 0.05) is 13.7 Å². The molecule has 2 amide bonds. The second kappa shape index (κ2) is 8.52. The molecule has 0 heterocycles. The largest absolute Gasteiger partial charge is 0.492 e. The highest BCUT2D eigenvalue weighted by Crippen LogP contribution is 2.24. The molecule has 21 heavy (non-hydrogen) atoms. The molecule has 1 aromatic rings. The Hall–Kier alpha value is -1.75. The fraction of sp³-hybridized carbons (Fsp3) is 0.562. The lowest BCUT2D eigenvalue weighted by Gasteiger charge is -2.19. The van der Waals surface area contributed by atoms with E-state index in [0.717, 1.165) is 5.75 Å². The van der Waals surface area contributed by atoms with Crippen molar-refractivity contribution in [3.63, 3.8) is 0 Å². The summed E-state index contributed by atoms with van der Waals surface area (Å²) in [4.78, 5) is 11.4. The van der Waals surface area contributed by atoms with Crippen LogP contribution in [0.4, 0.5) is 4.79 Å². The summed E-state index contributed by atoms with van der Waals surface area (Å²) < 4.78 is 10.4. The minimum absolute atomic E-state index is 0.139. The fourth-order valence-corrected chi connectivity index (χ4v) is 1.71. The van der Waals surface area contributed by atoms with Gasteiger partial charge in [-0.1, -0.05) is 32.9 Å². The molecule has 5 heteroatoms. The zero-order chi connectivity index (χ0) is 15.7. The molecular weight excluding hydrogens is 268 g/mol. The summed E-state index contributed by atoms with van der Waals surface area (Å²) in [6.45, 7) is 8.42. The van der Waals surface area contributed by atoms with E-state index in [1.165, 1.54) is 5.56 Å². The average molecular weight is 294 g/mol. The van der Waals surface area contributed by atoms with Crippen LogP contribution in [0.2, 0.25) is 0 Å². The lowest BCUT2D eigenvalue weighted by Crippen LogP contribution is -2.39. The van der Waals surface area contributed by atoms with E-state index >= 15 is 0 Å². The van der Waals surface area contributed by atoms with Crippen LogP contribution >= 0.6 is 0 Å². The highest BCUT2D eigenvalue weighted by Gasteiger charge is 2.12. The van der Waals surface area contributed by atoms with Gasteiger partial charge < -0.3 is 20.1 Å². The Kier molecular flexibility index (Phi) is 7.02. The molecule has 1 aromatic carbocycles. The number of rotatable bonds is 7. The number of benzene rings is 1. The SMILES string of the molecule is COCCNC(=O)NCCOc1ccc(C(C)(C)C)cc1. The van der Waals surface area contributed by atoms with Gasteiger partial charge in [0.2, 0.25) is 0 Å². The van der Waals surface area contributed by atoms with Gasteiger partial charge in [0.15, 0.2) is 0 Å². The Morgan fingerprint density at radius 3 is 2.14 bits per heavy atom. The van der Waals surface area contributed by atoms with E-state index in [9.17, 15) is 4.79 Å². The number of methoxy groups -OCH3 is 1. The normalized spacial score (nSPS) is 11.0. The molecule has 0 aliphatic heterocycles. The predicted molar refractivity (Wildman–Crippen MR) is 83.9 cm³/mol. The van der Waals surface area contributed by atoms with Crippen LogP contribution < -0.4 is 15.4 Å². The van der Waals surface area contributed by atoms with Crippen molar-refractivity contribution in [1.82, 2.24) is 10.6 Å². The second-order valence-corrected chi connectivity index (χ2v) is 5.80. The molecule has 2 N–H and O–H groups in total. The Morgan fingerprint density at radius 2 is 1.62 bits per heavy atom. The molecule has 0 radical (unpaired) electrons. The minimum Gasteiger partial charge on any atom is -0.492 e. The summed E-state index contributed by atoms with van der Waals surface area (Å²) in [5.41, 5.74) is 1.41. The number of ether oxygens (including phenoxy) is 2. The van der Waals surface area contributed by atoms with Crippen LogP contribution in [-0.2, 0) is 10.2 Å². The molecule has 0 bridgehead atoms. The maximum Gasteiger partial charge on any atom is 0.314 e. The number of amides is 2. The molecule has 0 unspecified atom stereocenters. The summed E-state index contributed by atoms with van der Waals surface area (Å²) in [7, 11) is 1.60. The molecule has 0 saturated carbocycles. The molecule has 118 valence electrons. The van der Waals surface area contributed by atoms with Crippen LogP contribution in [0.3, 0.4) is 0 Å². The summed E-state index contributed by atoms with van der Waals surface area (Å²) in [6.07, 6.45) is 0. The Balaban J connectivity index is 2.22. The first kappa shape index (κ1) is 17.3. The summed E-state index contributed by atoms with van der Waals surface area (Å²) in [5, 5.41) is 5.39. The molecule has 0 aliphatic carbocycles. The summed E-state index contributed by atoms with van der Waals surface area (Å²) in [5.74, 6) is 0.810. The number of carbonyl (C=O) groups is 1. The lowest BCUT2D eigenvalue weighted by atomic mass is 9.87. The van der Waals surface area contributed by atoms with Crippen molar-refractivity contribution >= 4 is 6.03 Å². The Morgan fingerprint density at radius 1 is 1.05 bits per heavy atom. The molecule has 5 nitrogen and oxygen atoms in total. The van der Waals surface area contributed by atoms with E-state index in [-0.39, 0.29) is 11.4 Å². The average Bonchev–Trinajstić information content (AvgIpc) is 2.43. The van der Waals surface area contributed by atoms with Crippen molar-refractivity contribution in [3.8, 4) is 5.75 Å². The first-order valence-electron chi connectivity index (χ1n) is 7.17. The Bertz CT molecular complexity index is 424. The summed E-state index contributed by atoms with van der Waals surface area (Å²) >= 11 is 0. The van der Waals surface area contributed by atoms with Gasteiger partial charge >= 0.3 is 6.03 Å². The van der Waals surface area contributed by atoms with Crippen molar-refractivity contribution in [2.24, 2.45) is 0 Å². The van der Waals surface area contributed by atoms with Gasteiger partial charge in [-0.3, -0.25) is 0 Å². The molecule has 0 spiro atoms. The van der Waals surface area contributed by atoms with E-state index < -0.39 is 0 Å². The number of carbonyl (C=O) groups excluding carboxylic acids is 1. The van der Waals surface area contributed by atoms with Crippen molar-refractivity contribution in [2.75, 3.05) is 33.4 Å². The topological polar surface area (TPSA) is 59.6 Å². The molecule has 0 aromatic heterocycles. The molecular formula is C16H26N2O3. The van der Waals surface area contributed by atoms with Crippen LogP contribution in [0.15, 0.2) is 24.3 Å². The maximum absolute atomic E-state index is 11.4. The molecule has 0 atom stereocenters. The molecule has 0 aliphatic rings. The van der Waals surface area contributed by atoms with Crippen molar-refractivity contribution in [2.45, 2.75) is 26.2 Å². The van der Waals surface area contributed by atoms with E-state index in [2.05, 4.69) is 43.5 Å². The predicted octanol–water partition coefficient (Wildman–Crippen LogP) is 2.31. The van der Waals surface area contributed by atoms with E-state index in [4.69, 9.17) is 9.47 Å². The fourth-order valence-electron chi connectivity index (χ4n) is 1.71. The highest BCUT2D eigenvalue weighted by molar-refractivity contribution is 5.73. The summed E-state index contributed by atoms with van der Waals surface area (Å²) in [6, 6.07) is 7.84. The van der Waals surface area contributed by atoms with Crippen LogP contribution in [0, 0.1) is 0 Å². The van der Waals surface area contributed by atoms with Crippen LogP contribution in [0.25, 0.3) is 0 Å². The Labute approximate surface area is 127 Å². The van der Waals surface area contributed by atoms with Gasteiger partial charge in [0.1, 0.15) is 12.4 Å². The zero-order valence-corrected chi connectivity index (χ0v) is 13.4. The lowest BCUT2D eigenvalue weighted by molar-refractivity contribution is 0.195. The monoisotopic (exact) mass is 294 g/mol. The van der Waals surface area contributed by atoms with Gasteiger partial charge in [-0.2, -0.15) is 0 Å². The van der Waals surface area contributed by atoms with Gasteiger partial charge in [0.25, 0.3) is 0 Å². The van der Waals surface area contributed by atoms with Crippen molar-refractivity contribution in [3.05, 3.63) is 29.8 Å². The first-order chi connectivity index (χ1) is 9.93. The number of urea groups is 1.